The van der Waals surface area contributed by atoms with E-state index in [2.05, 4.69) is 10.2 Å². The SMILES string of the molecule is CC(C)NC(C)(CCCCN1CCCOCC1)C(=O)O. The predicted molar refractivity (Wildman–Crippen MR) is 80.0 cm³/mol. The van der Waals surface area contributed by atoms with Crippen LogP contribution in [0.2, 0.25) is 0 Å². The minimum absolute atomic E-state index is 0.179. The first kappa shape index (κ1) is 17.4. The van der Waals surface area contributed by atoms with Gasteiger partial charge in [-0.15, -0.1) is 0 Å². The molecular weight excluding hydrogens is 256 g/mol. The molecule has 0 saturated carbocycles. The standard InChI is InChI=1S/C15H30N2O3/c1-13(2)16-15(3,14(18)19)7-4-5-8-17-9-6-11-20-12-10-17/h13,16H,4-12H2,1-3H3,(H,18,19). The van der Waals surface area contributed by atoms with Crippen molar-refractivity contribution < 1.29 is 14.6 Å². The molecule has 0 aromatic rings. The van der Waals surface area contributed by atoms with Crippen molar-refractivity contribution in [1.82, 2.24) is 10.2 Å². The average molecular weight is 286 g/mol. The highest BCUT2D eigenvalue weighted by atomic mass is 16.5. The molecule has 0 aliphatic carbocycles. The fourth-order valence-corrected chi connectivity index (χ4v) is 2.71. The third kappa shape index (κ3) is 6.20. The van der Waals surface area contributed by atoms with Crippen molar-refractivity contribution in [3.63, 3.8) is 0 Å². The van der Waals surface area contributed by atoms with Crippen LogP contribution in [0, 0.1) is 0 Å². The lowest BCUT2D eigenvalue weighted by molar-refractivity contribution is -0.144. The topological polar surface area (TPSA) is 61.8 Å². The number of hydrogen-bond donors (Lipinski definition) is 2. The molecule has 1 unspecified atom stereocenters. The molecular formula is C15H30N2O3. The van der Waals surface area contributed by atoms with E-state index in [1.807, 2.05) is 13.8 Å². The van der Waals surface area contributed by atoms with Gasteiger partial charge >= 0.3 is 5.97 Å². The molecule has 2 N–H and O–H groups in total. The average Bonchev–Trinajstić information content (AvgIpc) is 2.62. The summed E-state index contributed by atoms with van der Waals surface area (Å²) in [7, 11) is 0. The number of carboxylic acid groups (broad SMARTS) is 1. The van der Waals surface area contributed by atoms with Gasteiger partial charge in [-0.1, -0.05) is 0 Å². The maximum atomic E-state index is 11.4. The van der Waals surface area contributed by atoms with Gasteiger partial charge in [0.1, 0.15) is 5.54 Å². The van der Waals surface area contributed by atoms with Crippen LogP contribution in [0.4, 0.5) is 0 Å². The number of rotatable bonds is 8. The molecule has 1 heterocycles. The molecule has 0 bridgehead atoms. The quantitative estimate of drug-likeness (QED) is 0.665. The first-order valence-corrected chi connectivity index (χ1v) is 7.75. The molecule has 5 heteroatoms. The van der Waals surface area contributed by atoms with Crippen LogP contribution in [0.5, 0.6) is 0 Å². The van der Waals surface area contributed by atoms with E-state index >= 15 is 0 Å². The Bertz CT molecular complexity index is 289. The van der Waals surface area contributed by atoms with E-state index in [0.29, 0.717) is 6.42 Å². The minimum Gasteiger partial charge on any atom is -0.480 e. The third-order valence-electron chi connectivity index (χ3n) is 3.80. The number of nitrogens with zero attached hydrogens (tertiary/aromatic N) is 1. The lowest BCUT2D eigenvalue weighted by Gasteiger charge is -2.29. The zero-order valence-electron chi connectivity index (χ0n) is 13.2. The second-order valence-electron chi connectivity index (χ2n) is 6.20. The molecule has 1 aliphatic heterocycles. The molecule has 118 valence electrons. The number of carbonyl (C=O) groups is 1. The Morgan fingerprint density at radius 2 is 2.10 bits per heavy atom. The van der Waals surface area contributed by atoms with Crippen molar-refractivity contribution in [3.8, 4) is 0 Å². The number of carboxylic acids is 1. The van der Waals surface area contributed by atoms with Gasteiger partial charge in [0.2, 0.25) is 0 Å². The van der Waals surface area contributed by atoms with Gasteiger partial charge in [-0.2, -0.15) is 0 Å². The molecule has 1 fully saturated rings. The third-order valence-corrected chi connectivity index (χ3v) is 3.80. The summed E-state index contributed by atoms with van der Waals surface area (Å²) in [6.45, 7) is 10.6. The Morgan fingerprint density at radius 3 is 2.75 bits per heavy atom. The maximum Gasteiger partial charge on any atom is 0.323 e. The van der Waals surface area contributed by atoms with Crippen molar-refractivity contribution in [3.05, 3.63) is 0 Å². The second kappa shape index (κ2) is 8.60. The van der Waals surface area contributed by atoms with E-state index in [-0.39, 0.29) is 6.04 Å². The normalized spacial score (nSPS) is 20.6. The van der Waals surface area contributed by atoms with Gasteiger partial charge in [-0.3, -0.25) is 10.1 Å². The summed E-state index contributed by atoms with van der Waals surface area (Å²) in [5, 5.41) is 12.5. The second-order valence-corrected chi connectivity index (χ2v) is 6.20. The number of ether oxygens (including phenoxy) is 1. The number of aliphatic carboxylic acids is 1. The van der Waals surface area contributed by atoms with Gasteiger partial charge in [0.05, 0.1) is 6.61 Å². The van der Waals surface area contributed by atoms with Gasteiger partial charge in [-0.25, -0.2) is 0 Å². The molecule has 0 amide bonds. The molecule has 1 atom stereocenters. The van der Waals surface area contributed by atoms with Crippen molar-refractivity contribution >= 4 is 5.97 Å². The summed E-state index contributed by atoms with van der Waals surface area (Å²) < 4.78 is 5.43. The van der Waals surface area contributed by atoms with Crippen molar-refractivity contribution in [2.75, 3.05) is 32.8 Å². The van der Waals surface area contributed by atoms with E-state index in [4.69, 9.17) is 4.74 Å². The Hall–Kier alpha value is -0.650. The van der Waals surface area contributed by atoms with E-state index in [0.717, 1.165) is 52.1 Å². The van der Waals surface area contributed by atoms with Crippen LogP contribution < -0.4 is 5.32 Å². The van der Waals surface area contributed by atoms with Crippen LogP contribution in [0.15, 0.2) is 0 Å². The first-order valence-electron chi connectivity index (χ1n) is 7.75. The fourth-order valence-electron chi connectivity index (χ4n) is 2.71. The molecule has 5 nitrogen and oxygen atoms in total. The van der Waals surface area contributed by atoms with Crippen molar-refractivity contribution in [2.45, 2.75) is 58.0 Å². The van der Waals surface area contributed by atoms with E-state index in [1.165, 1.54) is 0 Å². The summed E-state index contributed by atoms with van der Waals surface area (Å²) >= 11 is 0. The van der Waals surface area contributed by atoms with Crippen molar-refractivity contribution in [1.29, 1.82) is 0 Å². The zero-order chi connectivity index (χ0) is 15.0. The maximum absolute atomic E-state index is 11.4. The Balaban J connectivity index is 2.28. The molecule has 0 spiro atoms. The predicted octanol–water partition coefficient (Wildman–Crippen LogP) is 1.72. The molecule has 0 aromatic carbocycles. The minimum atomic E-state index is -0.809. The van der Waals surface area contributed by atoms with Crippen LogP contribution in [0.1, 0.15) is 46.5 Å². The van der Waals surface area contributed by atoms with Crippen LogP contribution in [-0.2, 0) is 9.53 Å². The number of nitrogens with one attached hydrogen (secondary N) is 1. The Morgan fingerprint density at radius 1 is 1.35 bits per heavy atom. The molecule has 0 radical (unpaired) electrons. The van der Waals surface area contributed by atoms with Gasteiger partial charge in [-0.05, 0) is 53.0 Å². The van der Waals surface area contributed by atoms with Crippen LogP contribution in [0.3, 0.4) is 0 Å². The molecule has 0 aromatic heterocycles. The first-order chi connectivity index (χ1) is 9.44. The van der Waals surface area contributed by atoms with Gasteiger partial charge < -0.3 is 14.7 Å². The van der Waals surface area contributed by atoms with Crippen LogP contribution in [-0.4, -0.2) is 60.4 Å². The van der Waals surface area contributed by atoms with Crippen LogP contribution >= 0.6 is 0 Å². The molecule has 1 saturated heterocycles. The van der Waals surface area contributed by atoms with E-state index < -0.39 is 11.5 Å². The van der Waals surface area contributed by atoms with Gasteiger partial charge in [0, 0.05) is 25.7 Å². The monoisotopic (exact) mass is 286 g/mol. The summed E-state index contributed by atoms with van der Waals surface area (Å²) in [6.07, 6.45) is 3.75. The van der Waals surface area contributed by atoms with E-state index in [1.54, 1.807) is 6.92 Å². The lowest BCUT2D eigenvalue weighted by Crippen LogP contribution is -2.52. The molecule has 1 rings (SSSR count). The Kier molecular flexibility index (Phi) is 7.48. The fraction of sp³-hybridized carbons (Fsp3) is 0.933. The summed E-state index contributed by atoms with van der Waals surface area (Å²) in [4.78, 5) is 13.8. The van der Waals surface area contributed by atoms with Gasteiger partial charge in [0.25, 0.3) is 0 Å². The van der Waals surface area contributed by atoms with Crippen LogP contribution in [0.25, 0.3) is 0 Å². The summed E-state index contributed by atoms with van der Waals surface area (Å²) in [5.41, 5.74) is -0.809. The molecule has 20 heavy (non-hydrogen) atoms. The number of hydrogen-bond acceptors (Lipinski definition) is 4. The lowest BCUT2D eigenvalue weighted by atomic mass is 9.94. The summed E-state index contributed by atoms with van der Waals surface area (Å²) in [6, 6.07) is 0.179. The van der Waals surface area contributed by atoms with Crippen molar-refractivity contribution in [2.24, 2.45) is 0 Å². The highest BCUT2D eigenvalue weighted by molar-refractivity contribution is 5.78. The largest absolute Gasteiger partial charge is 0.480 e. The highest BCUT2D eigenvalue weighted by Crippen LogP contribution is 2.16. The Labute approximate surface area is 122 Å². The molecule has 1 aliphatic rings. The number of unbranched alkanes of at least 4 members (excludes halogenated alkanes) is 1. The smallest absolute Gasteiger partial charge is 0.323 e. The highest BCUT2D eigenvalue weighted by Gasteiger charge is 2.32. The van der Waals surface area contributed by atoms with E-state index in [9.17, 15) is 9.90 Å². The summed E-state index contributed by atoms with van der Waals surface area (Å²) in [5.74, 6) is -0.755. The van der Waals surface area contributed by atoms with Gasteiger partial charge in [0.15, 0.2) is 0 Å². The zero-order valence-corrected chi connectivity index (χ0v) is 13.2.